The third-order valence-electron chi connectivity index (χ3n) is 4.25. The van der Waals surface area contributed by atoms with E-state index in [4.69, 9.17) is 5.73 Å². The zero-order valence-corrected chi connectivity index (χ0v) is 10.6. The van der Waals surface area contributed by atoms with Crippen LogP contribution in [0.3, 0.4) is 0 Å². The molecule has 0 aromatic heterocycles. The largest absolute Gasteiger partial charge is 0.507 e. The number of hydrogen-bond acceptors (Lipinski definition) is 2. The summed E-state index contributed by atoms with van der Waals surface area (Å²) in [5.74, 6) is 0.432. The van der Waals surface area contributed by atoms with Gasteiger partial charge >= 0.3 is 0 Å². The summed E-state index contributed by atoms with van der Waals surface area (Å²) in [5, 5.41) is 9.91. The molecule has 16 heavy (non-hydrogen) atoms. The molecule has 2 heteroatoms. The van der Waals surface area contributed by atoms with Crippen molar-refractivity contribution in [2.24, 2.45) is 5.73 Å². The molecule has 1 aliphatic rings. The molecule has 1 saturated carbocycles. The third kappa shape index (κ3) is 1.44. The minimum atomic E-state index is 0.174. The maximum absolute atomic E-state index is 9.91. The van der Waals surface area contributed by atoms with Crippen molar-refractivity contribution >= 4 is 0 Å². The van der Waals surface area contributed by atoms with E-state index in [0.29, 0.717) is 5.75 Å². The van der Waals surface area contributed by atoms with Crippen LogP contribution in [-0.4, -0.2) is 11.1 Å². The van der Waals surface area contributed by atoms with E-state index in [9.17, 15) is 5.11 Å². The van der Waals surface area contributed by atoms with E-state index in [-0.39, 0.29) is 11.5 Å². The standard InChI is InChI=1S/C14H21NO/c1-8-7-12(9(2)10(3)13(8)16)14(5-6-14)11(4)15/h7,11,16H,5-6,15H2,1-4H3. The lowest BCUT2D eigenvalue weighted by Crippen LogP contribution is -2.32. The fourth-order valence-corrected chi connectivity index (χ4v) is 2.69. The highest BCUT2D eigenvalue weighted by Gasteiger charge is 2.48. The number of phenols is 1. The molecule has 1 aromatic carbocycles. The Bertz CT molecular complexity index is 431. The van der Waals surface area contributed by atoms with Gasteiger partial charge < -0.3 is 10.8 Å². The van der Waals surface area contributed by atoms with Crippen LogP contribution in [0, 0.1) is 20.8 Å². The Morgan fingerprint density at radius 1 is 1.25 bits per heavy atom. The Morgan fingerprint density at radius 3 is 2.25 bits per heavy atom. The first-order valence-electron chi connectivity index (χ1n) is 5.96. The van der Waals surface area contributed by atoms with Crippen LogP contribution in [0.15, 0.2) is 6.07 Å². The lowest BCUT2D eigenvalue weighted by molar-refractivity contribution is 0.464. The second-order valence-electron chi connectivity index (χ2n) is 5.28. The van der Waals surface area contributed by atoms with Crippen molar-refractivity contribution < 1.29 is 5.11 Å². The Morgan fingerprint density at radius 2 is 1.81 bits per heavy atom. The van der Waals surface area contributed by atoms with Gasteiger partial charge in [0, 0.05) is 11.5 Å². The van der Waals surface area contributed by atoms with E-state index in [2.05, 4.69) is 19.9 Å². The highest BCUT2D eigenvalue weighted by molar-refractivity contribution is 5.52. The highest BCUT2D eigenvalue weighted by Crippen LogP contribution is 2.52. The van der Waals surface area contributed by atoms with Gasteiger partial charge in [0.25, 0.3) is 0 Å². The Labute approximate surface area is 97.5 Å². The molecular formula is C14H21NO. The molecule has 2 rings (SSSR count). The number of benzene rings is 1. The van der Waals surface area contributed by atoms with Crippen molar-refractivity contribution in [1.82, 2.24) is 0 Å². The summed E-state index contributed by atoms with van der Waals surface area (Å²) in [6, 6.07) is 2.31. The maximum atomic E-state index is 9.91. The third-order valence-corrected chi connectivity index (χ3v) is 4.25. The topological polar surface area (TPSA) is 46.2 Å². The van der Waals surface area contributed by atoms with Gasteiger partial charge in [-0.05, 0) is 62.8 Å². The first-order valence-corrected chi connectivity index (χ1v) is 5.96. The van der Waals surface area contributed by atoms with Crippen LogP contribution in [0.25, 0.3) is 0 Å². The summed E-state index contributed by atoms with van der Waals surface area (Å²) < 4.78 is 0. The molecule has 1 aliphatic carbocycles. The van der Waals surface area contributed by atoms with Gasteiger partial charge in [0.2, 0.25) is 0 Å². The van der Waals surface area contributed by atoms with Gasteiger partial charge in [0.15, 0.2) is 0 Å². The number of nitrogens with two attached hydrogens (primary N) is 1. The lowest BCUT2D eigenvalue weighted by Gasteiger charge is -2.24. The van der Waals surface area contributed by atoms with Crippen LogP contribution >= 0.6 is 0 Å². The van der Waals surface area contributed by atoms with Crippen LogP contribution < -0.4 is 5.73 Å². The molecule has 1 aromatic rings. The van der Waals surface area contributed by atoms with Gasteiger partial charge in [0.1, 0.15) is 5.75 Å². The SMILES string of the molecule is Cc1cc(C2(C(C)N)CC2)c(C)c(C)c1O. The first-order chi connectivity index (χ1) is 7.40. The summed E-state index contributed by atoms with van der Waals surface area (Å²) in [4.78, 5) is 0. The quantitative estimate of drug-likeness (QED) is 0.803. The fraction of sp³-hybridized carbons (Fsp3) is 0.571. The van der Waals surface area contributed by atoms with Gasteiger partial charge in [-0.3, -0.25) is 0 Å². The molecule has 0 saturated heterocycles. The molecule has 0 bridgehead atoms. The minimum Gasteiger partial charge on any atom is -0.507 e. The van der Waals surface area contributed by atoms with Crippen LogP contribution in [-0.2, 0) is 5.41 Å². The molecular weight excluding hydrogens is 198 g/mol. The summed E-state index contributed by atoms with van der Waals surface area (Å²) >= 11 is 0. The van der Waals surface area contributed by atoms with Crippen molar-refractivity contribution in [3.05, 3.63) is 28.3 Å². The Kier molecular flexibility index (Phi) is 2.50. The van der Waals surface area contributed by atoms with E-state index >= 15 is 0 Å². The summed E-state index contributed by atoms with van der Waals surface area (Å²) in [6.07, 6.45) is 2.35. The van der Waals surface area contributed by atoms with Gasteiger partial charge in [-0.15, -0.1) is 0 Å². The predicted molar refractivity (Wildman–Crippen MR) is 66.9 cm³/mol. The zero-order valence-electron chi connectivity index (χ0n) is 10.6. The molecule has 0 amide bonds. The first kappa shape index (κ1) is 11.5. The van der Waals surface area contributed by atoms with Gasteiger partial charge in [-0.25, -0.2) is 0 Å². The molecule has 3 N–H and O–H groups in total. The molecule has 0 heterocycles. The normalized spacial score (nSPS) is 19.6. The predicted octanol–water partition coefficient (Wildman–Crippen LogP) is 2.70. The lowest BCUT2D eigenvalue weighted by atomic mass is 9.83. The number of aryl methyl sites for hydroxylation is 1. The average molecular weight is 219 g/mol. The fourth-order valence-electron chi connectivity index (χ4n) is 2.69. The Hall–Kier alpha value is -1.02. The molecule has 2 nitrogen and oxygen atoms in total. The molecule has 1 atom stereocenters. The zero-order chi connectivity index (χ0) is 12.1. The molecule has 0 spiro atoms. The summed E-state index contributed by atoms with van der Waals surface area (Å²) in [5.41, 5.74) is 10.8. The molecule has 1 unspecified atom stereocenters. The van der Waals surface area contributed by atoms with E-state index < -0.39 is 0 Å². The monoisotopic (exact) mass is 219 g/mol. The smallest absolute Gasteiger partial charge is 0.121 e. The number of hydrogen-bond donors (Lipinski definition) is 2. The molecule has 0 aliphatic heterocycles. The van der Waals surface area contributed by atoms with Crippen molar-refractivity contribution in [2.45, 2.75) is 52.0 Å². The van der Waals surface area contributed by atoms with E-state index in [0.717, 1.165) is 11.1 Å². The van der Waals surface area contributed by atoms with Crippen molar-refractivity contribution in [1.29, 1.82) is 0 Å². The highest BCUT2D eigenvalue weighted by atomic mass is 16.3. The van der Waals surface area contributed by atoms with Crippen LogP contribution in [0.5, 0.6) is 5.75 Å². The molecule has 0 radical (unpaired) electrons. The van der Waals surface area contributed by atoms with E-state index in [1.807, 2.05) is 13.8 Å². The second-order valence-corrected chi connectivity index (χ2v) is 5.28. The summed E-state index contributed by atoms with van der Waals surface area (Å²) in [7, 11) is 0. The van der Waals surface area contributed by atoms with Gasteiger partial charge in [0.05, 0.1) is 0 Å². The summed E-state index contributed by atoms with van der Waals surface area (Å²) in [6.45, 7) is 8.12. The average Bonchev–Trinajstić information content (AvgIpc) is 3.01. The maximum Gasteiger partial charge on any atom is 0.121 e. The number of aromatic hydroxyl groups is 1. The van der Waals surface area contributed by atoms with Crippen LogP contribution in [0.4, 0.5) is 0 Å². The number of phenolic OH excluding ortho intramolecular Hbond substituents is 1. The minimum absolute atomic E-state index is 0.174. The number of rotatable bonds is 2. The van der Waals surface area contributed by atoms with Crippen molar-refractivity contribution in [3.8, 4) is 5.75 Å². The van der Waals surface area contributed by atoms with Crippen LogP contribution in [0.1, 0.15) is 42.0 Å². The second kappa shape index (κ2) is 3.49. The van der Waals surface area contributed by atoms with Gasteiger partial charge in [-0.2, -0.15) is 0 Å². The van der Waals surface area contributed by atoms with Crippen LogP contribution in [0.2, 0.25) is 0 Å². The van der Waals surface area contributed by atoms with Crippen molar-refractivity contribution in [3.63, 3.8) is 0 Å². The Balaban J connectivity index is 2.59. The van der Waals surface area contributed by atoms with E-state index in [1.54, 1.807) is 0 Å². The molecule has 88 valence electrons. The van der Waals surface area contributed by atoms with Gasteiger partial charge in [-0.1, -0.05) is 6.07 Å². The van der Waals surface area contributed by atoms with Crippen molar-refractivity contribution in [2.75, 3.05) is 0 Å². The molecule has 1 fully saturated rings. The van der Waals surface area contributed by atoms with E-state index in [1.165, 1.54) is 24.0 Å².